The van der Waals surface area contributed by atoms with Crippen molar-refractivity contribution in [3.8, 4) is 11.5 Å². The van der Waals surface area contributed by atoms with E-state index in [1.807, 2.05) is 79.7 Å². The van der Waals surface area contributed by atoms with Crippen LogP contribution in [0.1, 0.15) is 117 Å². The van der Waals surface area contributed by atoms with Crippen LogP contribution in [0.15, 0.2) is 73.3 Å². The van der Waals surface area contributed by atoms with Gasteiger partial charge >= 0.3 is 23.9 Å². The summed E-state index contributed by atoms with van der Waals surface area (Å²) < 4.78 is 38.2. The van der Waals surface area contributed by atoms with Gasteiger partial charge in [0.25, 0.3) is 23.6 Å². The molecule has 0 spiro atoms. The molecule has 5 rings (SSSR count). The first-order chi connectivity index (χ1) is 39.6. The molecule has 4 amide bonds. The molecular formula is C62H88N8O14. The highest BCUT2D eigenvalue weighted by Gasteiger charge is 2.43. The molecule has 84 heavy (non-hydrogen) atoms. The number of rotatable bonds is 18. The van der Waals surface area contributed by atoms with Gasteiger partial charge in [-0.1, -0.05) is 104 Å². The van der Waals surface area contributed by atoms with Crippen LogP contribution >= 0.6 is 0 Å². The van der Waals surface area contributed by atoms with Crippen molar-refractivity contribution in [2.45, 2.75) is 169 Å². The first-order valence-electron chi connectivity index (χ1n) is 28.8. The van der Waals surface area contributed by atoms with Gasteiger partial charge in [0, 0.05) is 41.0 Å². The van der Waals surface area contributed by atoms with Crippen LogP contribution in [-0.4, -0.2) is 178 Å². The molecule has 2 aromatic heterocycles. The second-order valence-electron chi connectivity index (χ2n) is 23.6. The van der Waals surface area contributed by atoms with Gasteiger partial charge in [-0.2, -0.15) is 10.2 Å². The highest BCUT2D eigenvalue weighted by atomic mass is 16.6. The van der Waals surface area contributed by atoms with Crippen molar-refractivity contribution >= 4 is 47.5 Å². The summed E-state index contributed by atoms with van der Waals surface area (Å²) in [4.78, 5) is 122. The zero-order valence-corrected chi connectivity index (χ0v) is 51.8. The second-order valence-corrected chi connectivity index (χ2v) is 23.6. The van der Waals surface area contributed by atoms with Gasteiger partial charge in [-0.05, 0) is 85.5 Å². The lowest BCUT2D eigenvalue weighted by Gasteiger charge is -2.35. The third-order valence-electron chi connectivity index (χ3n) is 14.7. The SMILES string of the molecule is COc1cnn(Cc2ccc(C[C@H]3OC(=O)[C@H](CC(C)C)N(C)C(=O)[C@@H](C)OC(=O)[C@H](CC(C)C)N(C)C(=O)[C@@H](Cc4cccc(Cn5cc(OC)cn5)c4)OC(=O)[C@H](CC(C)C)N(C)C(=O)[C@@H](C)OC(=O)[C@H](CC(C)C)N(C)C3=O)cc2)c1. The number of amides is 4. The van der Waals surface area contributed by atoms with Gasteiger partial charge in [-0.15, -0.1) is 0 Å². The fourth-order valence-corrected chi connectivity index (χ4v) is 9.99. The van der Waals surface area contributed by atoms with Gasteiger partial charge < -0.3 is 48.0 Å². The molecule has 1 aliphatic rings. The Labute approximate surface area is 494 Å². The van der Waals surface area contributed by atoms with E-state index in [1.165, 1.54) is 49.1 Å². The summed E-state index contributed by atoms with van der Waals surface area (Å²) in [6.07, 6.45) is 0.475. The lowest BCUT2D eigenvalue weighted by atomic mass is 9.99. The molecule has 1 aliphatic heterocycles. The van der Waals surface area contributed by atoms with Crippen LogP contribution in [0.5, 0.6) is 11.5 Å². The zero-order chi connectivity index (χ0) is 62.3. The molecule has 22 nitrogen and oxygen atoms in total. The van der Waals surface area contributed by atoms with Crippen molar-refractivity contribution in [2.75, 3.05) is 42.4 Å². The molecule has 460 valence electrons. The zero-order valence-electron chi connectivity index (χ0n) is 51.8. The summed E-state index contributed by atoms with van der Waals surface area (Å²) in [7, 11) is 8.63. The van der Waals surface area contributed by atoms with Crippen LogP contribution in [0.2, 0.25) is 0 Å². The number of ether oxygens (including phenoxy) is 6. The van der Waals surface area contributed by atoms with Crippen molar-refractivity contribution in [3.05, 3.63) is 95.6 Å². The monoisotopic (exact) mass is 1170 g/mol. The number of methoxy groups -OCH3 is 2. The van der Waals surface area contributed by atoms with E-state index in [9.17, 15) is 28.8 Å². The first-order valence-corrected chi connectivity index (χ1v) is 28.8. The van der Waals surface area contributed by atoms with Gasteiger partial charge in [-0.3, -0.25) is 28.5 Å². The summed E-state index contributed by atoms with van der Waals surface area (Å²) >= 11 is 0. The van der Waals surface area contributed by atoms with E-state index in [0.29, 0.717) is 35.7 Å². The Morgan fingerprint density at radius 3 is 1.12 bits per heavy atom. The number of carbonyl (C=O) groups excluding carboxylic acids is 8. The van der Waals surface area contributed by atoms with Crippen molar-refractivity contribution in [1.82, 2.24) is 39.2 Å². The van der Waals surface area contributed by atoms with Crippen LogP contribution in [0.25, 0.3) is 0 Å². The number of hydrogen-bond donors (Lipinski definition) is 0. The molecule has 1 saturated heterocycles. The summed E-state index contributed by atoms with van der Waals surface area (Å²) in [6, 6.07) is 9.31. The minimum absolute atomic E-state index is 0.0671. The molecule has 1 fully saturated rings. The summed E-state index contributed by atoms with van der Waals surface area (Å²) in [5, 5.41) is 8.68. The predicted octanol–water partition coefficient (Wildman–Crippen LogP) is 6.17. The third kappa shape index (κ3) is 18.6. The van der Waals surface area contributed by atoms with Crippen molar-refractivity contribution in [3.63, 3.8) is 0 Å². The Kier molecular flexibility index (Phi) is 24.5. The Morgan fingerprint density at radius 1 is 0.440 bits per heavy atom. The molecule has 0 saturated carbocycles. The lowest BCUT2D eigenvalue weighted by Crippen LogP contribution is -2.55. The van der Waals surface area contributed by atoms with E-state index in [0.717, 1.165) is 30.7 Å². The maximum Gasteiger partial charge on any atom is 0.329 e. The fraction of sp³-hybridized carbons (Fsp3) is 0.581. The number of esters is 4. The van der Waals surface area contributed by atoms with Crippen LogP contribution in [0.3, 0.4) is 0 Å². The second kappa shape index (κ2) is 30.7. The number of cyclic esters (lactones) is 4. The fourth-order valence-electron chi connectivity index (χ4n) is 9.99. The van der Waals surface area contributed by atoms with Crippen LogP contribution in [0.4, 0.5) is 0 Å². The van der Waals surface area contributed by atoms with Gasteiger partial charge in [0.2, 0.25) is 0 Å². The summed E-state index contributed by atoms with van der Waals surface area (Å²) in [5.74, 6) is -6.45. The largest absolute Gasteiger partial charge is 0.493 e. The quantitative estimate of drug-likeness (QED) is 0.0799. The number of aromatic nitrogens is 4. The minimum atomic E-state index is -1.57. The van der Waals surface area contributed by atoms with Crippen molar-refractivity contribution in [1.29, 1.82) is 0 Å². The molecule has 0 radical (unpaired) electrons. The van der Waals surface area contributed by atoms with E-state index in [4.69, 9.17) is 28.4 Å². The average molecular weight is 1170 g/mol. The van der Waals surface area contributed by atoms with Gasteiger partial charge in [-0.25, -0.2) is 19.2 Å². The van der Waals surface area contributed by atoms with E-state index < -0.39 is 96.1 Å². The molecule has 22 heteroatoms. The molecule has 4 aromatic rings. The summed E-state index contributed by atoms with van der Waals surface area (Å²) in [6.45, 7) is 18.2. The third-order valence-corrected chi connectivity index (χ3v) is 14.7. The Hall–Kier alpha value is -7.78. The van der Waals surface area contributed by atoms with E-state index in [2.05, 4.69) is 10.2 Å². The number of nitrogens with zero attached hydrogens (tertiary/aromatic N) is 8. The van der Waals surface area contributed by atoms with Crippen LogP contribution in [0, 0.1) is 23.7 Å². The van der Waals surface area contributed by atoms with E-state index in [-0.39, 0.29) is 62.2 Å². The van der Waals surface area contributed by atoms with Crippen LogP contribution < -0.4 is 9.47 Å². The normalized spacial score (nSPS) is 22.6. The van der Waals surface area contributed by atoms with Gasteiger partial charge in [0.15, 0.2) is 35.9 Å². The maximum absolute atomic E-state index is 15.1. The number of hydrogen-bond acceptors (Lipinski definition) is 16. The Balaban J connectivity index is 1.59. The molecule has 8 atom stereocenters. The Morgan fingerprint density at radius 2 is 0.762 bits per heavy atom. The topological polar surface area (TPSA) is 241 Å². The first kappa shape index (κ1) is 67.0. The lowest BCUT2D eigenvalue weighted by molar-refractivity contribution is -0.176. The molecule has 0 unspecified atom stereocenters. The summed E-state index contributed by atoms with van der Waals surface area (Å²) in [5.41, 5.74) is 2.85. The molecule has 0 aliphatic carbocycles. The standard InChI is InChI=1S/C62H88N8O14/c1-37(2)24-49-59(75)81-42(10)56(72)66(12)52(27-40(7)8)62(78)84-54(30-45-18-17-19-46(28-45)34-70-36-48(80-16)32-64-70)58(74)68(14)50(25-38(3)4)60(76)82-41(9)55(71)65(11)51(26-39(5)6)61(77)83-53(57(73)67(49)13)29-43-20-22-44(23-21-43)33-69-35-47(79-15)31-63-69/h17-23,28,31-32,35-42,49-54H,24-27,29-30,33-34H2,1-16H3/t41-,42-,49+,50+,51+,52+,53-,54-/m1/s1. The molecule has 0 bridgehead atoms. The average Bonchev–Trinajstić information content (AvgIpc) is 4.25. The maximum atomic E-state index is 15.1. The van der Waals surface area contributed by atoms with Crippen molar-refractivity contribution < 1.29 is 66.8 Å². The predicted molar refractivity (Wildman–Crippen MR) is 311 cm³/mol. The highest BCUT2D eigenvalue weighted by molar-refractivity contribution is 5.94. The van der Waals surface area contributed by atoms with Crippen LogP contribution in [-0.2, 0) is 83.2 Å². The number of benzene rings is 2. The van der Waals surface area contributed by atoms with Crippen molar-refractivity contribution in [2.24, 2.45) is 23.7 Å². The van der Waals surface area contributed by atoms with E-state index in [1.54, 1.807) is 65.5 Å². The van der Waals surface area contributed by atoms with Gasteiger partial charge in [0.1, 0.15) is 24.2 Å². The van der Waals surface area contributed by atoms with E-state index >= 15 is 9.59 Å². The van der Waals surface area contributed by atoms with Gasteiger partial charge in [0.05, 0.1) is 52.1 Å². The Bertz CT molecular complexity index is 2870. The molecular weight excluding hydrogens is 1080 g/mol. The molecule has 2 aromatic carbocycles. The smallest absolute Gasteiger partial charge is 0.329 e. The minimum Gasteiger partial charge on any atom is -0.493 e. The molecule has 3 heterocycles. The highest BCUT2D eigenvalue weighted by Crippen LogP contribution is 2.25. The molecule has 0 N–H and O–H groups in total. The number of carbonyl (C=O) groups is 8. The number of likely N-dealkylation sites (N-methyl/N-ethyl adjacent to an activating group) is 4.